The summed E-state index contributed by atoms with van der Waals surface area (Å²) in [6.07, 6.45) is 16.1. The molecule has 0 aromatic carbocycles. The molecule has 5 nitrogen and oxygen atoms in total. The average Bonchev–Trinajstić information content (AvgIpc) is 2.98. The van der Waals surface area contributed by atoms with Crippen LogP contribution in [0.2, 0.25) is 0 Å². The van der Waals surface area contributed by atoms with Crippen molar-refractivity contribution in [2.45, 2.75) is 82.7 Å². The second-order valence-electron chi connectivity index (χ2n) is 8.64. The number of hydrogen-bond donors (Lipinski definition) is 2. The van der Waals surface area contributed by atoms with E-state index < -0.39 is 0 Å². The van der Waals surface area contributed by atoms with E-state index in [-0.39, 0.29) is 0 Å². The highest BCUT2D eigenvalue weighted by Crippen LogP contribution is 2.31. The first-order valence-corrected chi connectivity index (χ1v) is 12.9. The standard InChI is InChI=1S/C22H37N5S/c1-28-16-13-23-19-11-8-12-20(19)25-22-24-18-10-5-4-9-17(18)21(26-22)27-14-6-2-3-7-15-27/h19-20,23H,2-16H2,1H3,(H,24,25,26). The Morgan fingerprint density at radius 1 is 0.929 bits per heavy atom. The highest BCUT2D eigenvalue weighted by atomic mass is 32.2. The zero-order valence-corrected chi connectivity index (χ0v) is 18.3. The maximum absolute atomic E-state index is 5.12. The molecule has 6 heteroatoms. The molecule has 1 aromatic rings. The summed E-state index contributed by atoms with van der Waals surface area (Å²) in [6.45, 7) is 3.41. The molecule has 2 fully saturated rings. The summed E-state index contributed by atoms with van der Waals surface area (Å²) < 4.78 is 0. The van der Waals surface area contributed by atoms with E-state index >= 15 is 0 Å². The first-order chi connectivity index (χ1) is 13.8. The smallest absolute Gasteiger partial charge is 0.225 e. The molecule has 1 saturated carbocycles. The Bertz CT molecular complexity index is 630. The summed E-state index contributed by atoms with van der Waals surface area (Å²) in [5, 5.41) is 7.50. The van der Waals surface area contributed by atoms with Crippen LogP contribution in [0.1, 0.15) is 69.0 Å². The fourth-order valence-corrected chi connectivity index (χ4v) is 5.39. The molecule has 156 valence electrons. The highest BCUT2D eigenvalue weighted by molar-refractivity contribution is 7.98. The number of hydrogen-bond acceptors (Lipinski definition) is 6. The van der Waals surface area contributed by atoms with Crippen LogP contribution in [0.3, 0.4) is 0 Å². The van der Waals surface area contributed by atoms with Crippen molar-refractivity contribution >= 4 is 23.5 Å². The minimum Gasteiger partial charge on any atom is -0.356 e. The number of thioether (sulfide) groups is 1. The first-order valence-electron chi connectivity index (χ1n) is 11.5. The van der Waals surface area contributed by atoms with E-state index in [1.165, 1.54) is 80.6 Å². The van der Waals surface area contributed by atoms with Crippen LogP contribution < -0.4 is 15.5 Å². The molecule has 2 aliphatic carbocycles. The van der Waals surface area contributed by atoms with Gasteiger partial charge in [-0.3, -0.25) is 0 Å². The summed E-state index contributed by atoms with van der Waals surface area (Å²) in [6, 6.07) is 1.01. The molecular formula is C22H37N5S. The molecule has 2 atom stereocenters. The van der Waals surface area contributed by atoms with Crippen molar-refractivity contribution in [1.82, 2.24) is 15.3 Å². The monoisotopic (exact) mass is 403 g/mol. The Balaban J connectivity index is 1.52. The number of rotatable bonds is 7. The number of anilines is 2. The number of aryl methyl sites for hydroxylation is 1. The molecule has 4 rings (SSSR count). The van der Waals surface area contributed by atoms with Crippen molar-refractivity contribution in [1.29, 1.82) is 0 Å². The van der Waals surface area contributed by atoms with Gasteiger partial charge in [0.05, 0.1) is 5.69 Å². The Labute approximate surface area is 174 Å². The van der Waals surface area contributed by atoms with Gasteiger partial charge >= 0.3 is 0 Å². The van der Waals surface area contributed by atoms with E-state index in [1.54, 1.807) is 0 Å². The molecule has 1 saturated heterocycles. The predicted octanol–water partition coefficient (Wildman–Crippen LogP) is 4.02. The van der Waals surface area contributed by atoms with Gasteiger partial charge in [0.25, 0.3) is 0 Å². The van der Waals surface area contributed by atoms with Crippen molar-refractivity contribution in [2.24, 2.45) is 0 Å². The summed E-state index contributed by atoms with van der Waals surface area (Å²) in [4.78, 5) is 12.7. The maximum atomic E-state index is 5.12. The Hall–Kier alpha value is -1.01. The fourth-order valence-electron chi connectivity index (χ4n) is 5.07. The largest absolute Gasteiger partial charge is 0.356 e. The van der Waals surface area contributed by atoms with Gasteiger partial charge in [-0.05, 0) is 64.0 Å². The van der Waals surface area contributed by atoms with Crippen LogP contribution in [0, 0.1) is 0 Å². The Morgan fingerprint density at radius 3 is 2.54 bits per heavy atom. The number of nitrogens with one attached hydrogen (secondary N) is 2. The SMILES string of the molecule is CSCCNC1CCCC1Nc1nc2c(c(N3CCCCCC3)n1)CCCC2. The zero-order valence-electron chi connectivity index (χ0n) is 17.5. The van der Waals surface area contributed by atoms with Gasteiger partial charge in [-0.1, -0.05) is 12.8 Å². The molecule has 0 amide bonds. The van der Waals surface area contributed by atoms with Gasteiger partial charge in [0, 0.05) is 43.0 Å². The minimum absolute atomic E-state index is 0.459. The molecule has 0 spiro atoms. The minimum atomic E-state index is 0.459. The van der Waals surface area contributed by atoms with Crippen LogP contribution in [0.4, 0.5) is 11.8 Å². The summed E-state index contributed by atoms with van der Waals surface area (Å²) in [7, 11) is 0. The van der Waals surface area contributed by atoms with Gasteiger partial charge in [0.2, 0.25) is 5.95 Å². The first kappa shape index (κ1) is 20.3. The molecule has 2 heterocycles. The van der Waals surface area contributed by atoms with E-state index in [1.807, 2.05) is 11.8 Å². The number of nitrogens with zero attached hydrogens (tertiary/aromatic N) is 3. The van der Waals surface area contributed by atoms with Gasteiger partial charge in [0.15, 0.2) is 0 Å². The number of aromatic nitrogens is 2. The second kappa shape index (κ2) is 10.1. The Morgan fingerprint density at radius 2 is 1.71 bits per heavy atom. The molecule has 3 aliphatic rings. The molecule has 1 aromatic heterocycles. The normalized spacial score (nSPS) is 25.4. The third kappa shape index (κ3) is 4.93. The molecular weight excluding hydrogens is 366 g/mol. The van der Waals surface area contributed by atoms with E-state index in [4.69, 9.17) is 9.97 Å². The van der Waals surface area contributed by atoms with Crippen LogP contribution >= 0.6 is 11.8 Å². The molecule has 1 aliphatic heterocycles. The van der Waals surface area contributed by atoms with Gasteiger partial charge in [0.1, 0.15) is 5.82 Å². The third-order valence-corrected chi connectivity index (χ3v) is 7.22. The molecule has 0 bridgehead atoms. The van der Waals surface area contributed by atoms with Crippen LogP contribution in [0.5, 0.6) is 0 Å². The lowest BCUT2D eigenvalue weighted by Crippen LogP contribution is -2.41. The van der Waals surface area contributed by atoms with E-state index in [2.05, 4.69) is 21.8 Å². The van der Waals surface area contributed by atoms with Crippen molar-refractivity contribution in [3.63, 3.8) is 0 Å². The zero-order chi connectivity index (χ0) is 19.2. The molecule has 2 unspecified atom stereocenters. The van der Waals surface area contributed by atoms with E-state index in [0.29, 0.717) is 12.1 Å². The maximum Gasteiger partial charge on any atom is 0.225 e. The van der Waals surface area contributed by atoms with Gasteiger partial charge in [-0.2, -0.15) is 16.7 Å². The van der Waals surface area contributed by atoms with Crippen molar-refractivity contribution in [3.8, 4) is 0 Å². The van der Waals surface area contributed by atoms with Gasteiger partial charge in [-0.25, -0.2) is 4.98 Å². The molecule has 28 heavy (non-hydrogen) atoms. The average molecular weight is 404 g/mol. The summed E-state index contributed by atoms with van der Waals surface area (Å²) in [5.74, 6) is 3.31. The lowest BCUT2D eigenvalue weighted by atomic mass is 9.96. The lowest BCUT2D eigenvalue weighted by Gasteiger charge is -2.29. The van der Waals surface area contributed by atoms with Crippen LogP contribution in [-0.2, 0) is 12.8 Å². The van der Waals surface area contributed by atoms with Crippen molar-refractivity contribution in [2.75, 3.05) is 41.9 Å². The predicted molar refractivity (Wildman–Crippen MR) is 121 cm³/mol. The topological polar surface area (TPSA) is 53.1 Å². The van der Waals surface area contributed by atoms with Crippen LogP contribution in [0.25, 0.3) is 0 Å². The van der Waals surface area contributed by atoms with Gasteiger partial charge in [-0.15, -0.1) is 0 Å². The third-order valence-electron chi connectivity index (χ3n) is 6.61. The van der Waals surface area contributed by atoms with Gasteiger partial charge < -0.3 is 15.5 Å². The highest BCUT2D eigenvalue weighted by Gasteiger charge is 2.29. The van der Waals surface area contributed by atoms with E-state index in [9.17, 15) is 0 Å². The molecule has 2 N–H and O–H groups in total. The Kier molecular flexibility index (Phi) is 7.35. The molecule has 0 radical (unpaired) electrons. The lowest BCUT2D eigenvalue weighted by molar-refractivity contribution is 0.508. The fraction of sp³-hybridized carbons (Fsp3) is 0.818. The number of fused-ring (bicyclic) bond motifs is 1. The summed E-state index contributed by atoms with van der Waals surface area (Å²) in [5.41, 5.74) is 2.76. The van der Waals surface area contributed by atoms with Crippen molar-refractivity contribution in [3.05, 3.63) is 11.3 Å². The summed E-state index contributed by atoms with van der Waals surface area (Å²) >= 11 is 1.91. The quantitative estimate of drug-likeness (QED) is 0.671. The van der Waals surface area contributed by atoms with Crippen LogP contribution in [-0.4, -0.2) is 53.7 Å². The van der Waals surface area contributed by atoms with Crippen molar-refractivity contribution < 1.29 is 0 Å². The van der Waals surface area contributed by atoms with E-state index in [0.717, 1.165) is 38.4 Å². The second-order valence-corrected chi connectivity index (χ2v) is 9.63. The van der Waals surface area contributed by atoms with Crippen LogP contribution in [0.15, 0.2) is 0 Å².